The molecule has 17 heavy (non-hydrogen) atoms. The number of rotatable bonds is 3. The summed E-state index contributed by atoms with van der Waals surface area (Å²) in [7, 11) is 0. The third kappa shape index (κ3) is 2.39. The molecule has 1 saturated heterocycles. The maximum Gasteiger partial charge on any atom is 0.0357 e. The molecular weight excluding hydrogens is 208 g/mol. The SMILES string of the molecule is CC(C)C1CCN(C2(CN)CCCCC2C)C1. The zero-order chi connectivity index (χ0) is 12.5. The lowest BCUT2D eigenvalue weighted by Gasteiger charge is -2.49. The smallest absolute Gasteiger partial charge is 0.0357 e. The van der Waals surface area contributed by atoms with Crippen LogP contribution >= 0.6 is 0 Å². The Hall–Kier alpha value is -0.0800. The van der Waals surface area contributed by atoms with Crippen LogP contribution < -0.4 is 5.73 Å². The van der Waals surface area contributed by atoms with Crippen LogP contribution in [-0.2, 0) is 0 Å². The van der Waals surface area contributed by atoms with E-state index in [4.69, 9.17) is 5.73 Å². The van der Waals surface area contributed by atoms with Gasteiger partial charge in [-0.15, -0.1) is 0 Å². The third-order valence-electron chi connectivity index (χ3n) is 5.56. The van der Waals surface area contributed by atoms with Gasteiger partial charge in [0.25, 0.3) is 0 Å². The molecule has 0 aromatic heterocycles. The molecule has 1 saturated carbocycles. The molecule has 2 heteroatoms. The van der Waals surface area contributed by atoms with E-state index in [1.54, 1.807) is 0 Å². The fourth-order valence-electron chi connectivity index (χ4n) is 4.03. The molecule has 0 bridgehead atoms. The molecule has 1 aliphatic heterocycles. The molecule has 100 valence electrons. The van der Waals surface area contributed by atoms with Crippen molar-refractivity contribution in [3.63, 3.8) is 0 Å². The topological polar surface area (TPSA) is 29.3 Å². The summed E-state index contributed by atoms with van der Waals surface area (Å²) in [6.07, 6.45) is 6.87. The van der Waals surface area contributed by atoms with Crippen LogP contribution in [0.4, 0.5) is 0 Å². The minimum absolute atomic E-state index is 0.335. The second kappa shape index (κ2) is 5.27. The Balaban J connectivity index is 2.08. The number of nitrogens with zero attached hydrogens (tertiary/aromatic N) is 1. The van der Waals surface area contributed by atoms with Gasteiger partial charge in [0.15, 0.2) is 0 Å². The number of hydrogen-bond donors (Lipinski definition) is 1. The summed E-state index contributed by atoms with van der Waals surface area (Å²) in [5.41, 5.74) is 6.52. The van der Waals surface area contributed by atoms with E-state index < -0.39 is 0 Å². The summed E-state index contributed by atoms with van der Waals surface area (Å²) >= 11 is 0. The van der Waals surface area contributed by atoms with Gasteiger partial charge in [0.05, 0.1) is 0 Å². The number of nitrogens with two attached hydrogens (primary N) is 1. The molecular formula is C15H30N2. The van der Waals surface area contributed by atoms with Crippen molar-refractivity contribution in [3.05, 3.63) is 0 Å². The van der Waals surface area contributed by atoms with Gasteiger partial charge in [-0.25, -0.2) is 0 Å². The summed E-state index contributed by atoms with van der Waals surface area (Å²) in [5.74, 6) is 2.51. The van der Waals surface area contributed by atoms with Gasteiger partial charge >= 0.3 is 0 Å². The lowest BCUT2D eigenvalue weighted by atomic mass is 9.72. The van der Waals surface area contributed by atoms with Crippen molar-refractivity contribution in [1.82, 2.24) is 4.90 Å². The van der Waals surface area contributed by atoms with Gasteiger partial charge in [0, 0.05) is 18.6 Å². The molecule has 0 aromatic rings. The highest BCUT2D eigenvalue weighted by Gasteiger charge is 2.44. The van der Waals surface area contributed by atoms with Crippen LogP contribution in [-0.4, -0.2) is 30.1 Å². The highest BCUT2D eigenvalue weighted by molar-refractivity contribution is 5.01. The molecule has 1 aliphatic carbocycles. The minimum Gasteiger partial charge on any atom is -0.329 e. The average molecular weight is 238 g/mol. The normalized spacial score (nSPS) is 40.1. The van der Waals surface area contributed by atoms with Gasteiger partial charge in [0.2, 0.25) is 0 Å². The van der Waals surface area contributed by atoms with Crippen LogP contribution in [0.5, 0.6) is 0 Å². The zero-order valence-corrected chi connectivity index (χ0v) is 11.9. The molecule has 3 atom stereocenters. The summed E-state index contributed by atoms with van der Waals surface area (Å²) in [6.45, 7) is 10.6. The van der Waals surface area contributed by atoms with Crippen molar-refractivity contribution >= 4 is 0 Å². The lowest BCUT2D eigenvalue weighted by Crippen LogP contribution is -2.58. The zero-order valence-electron chi connectivity index (χ0n) is 11.9. The first-order valence-electron chi connectivity index (χ1n) is 7.55. The summed E-state index contributed by atoms with van der Waals surface area (Å²) in [6, 6.07) is 0. The van der Waals surface area contributed by atoms with E-state index in [1.807, 2.05) is 0 Å². The molecule has 1 heterocycles. The van der Waals surface area contributed by atoms with Crippen molar-refractivity contribution in [1.29, 1.82) is 0 Å². The van der Waals surface area contributed by atoms with Gasteiger partial charge in [-0.2, -0.15) is 0 Å². The van der Waals surface area contributed by atoms with E-state index in [-0.39, 0.29) is 0 Å². The van der Waals surface area contributed by atoms with E-state index >= 15 is 0 Å². The first kappa shape index (κ1) is 13.4. The van der Waals surface area contributed by atoms with Crippen molar-refractivity contribution in [2.45, 2.75) is 58.4 Å². The van der Waals surface area contributed by atoms with E-state index in [0.717, 1.165) is 24.3 Å². The predicted molar refractivity (Wildman–Crippen MR) is 73.9 cm³/mol. The minimum atomic E-state index is 0.335. The van der Waals surface area contributed by atoms with Crippen LogP contribution in [0.2, 0.25) is 0 Å². The van der Waals surface area contributed by atoms with Gasteiger partial charge < -0.3 is 5.73 Å². The lowest BCUT2D eigenvalue weighted by molar-refractivity contribution is 0.0275. The van der Waals surface area contributed by atoms with E-state index in [2.05, 4.69) is 25.7 Å². The molecule has 0 spiro atoms. The maximum atomic E-state index is 6.19. The van der Waals surface area contributed by atoms with E-state index in [0.29, 0.717) is 5.54 Å². The van der Waals surface area contributed by atoms with Crippen LogP contribution in [0.3, 0.4) is 0 Å². The predicted octanol–water partition coefficient (Wildman–Crippen LogP) is 2.87. The molecule has 0 amide bonds. The Bertz CT molecular complexity index is 251. The van der Waals surface area contributed by atoms with Crippen LogP contribution in [0.1, 0.15) is 52.9 Å². The first-order chi connectivity index (χ1) is 8.10. The van der Waals surface area contributed by atoms with Crippen molar-refractivity contribution in [2.75, 3.05) is 19.6 Å². The monoisotopic (exact) mass is 238 g/mol. The second-order valence-electron chi connectivity index (χ2n) is 6.69. The van der Waals surface area contributed by atoms with Crippen molar-refractivity contribution in [2.24, 2.45) is 23.5 Å². The highest BCUT2D eigenvalue weighted by atomic mass is 15.2. The Kier molecular flexibility index (Phi) is 4.14. The van der Waals surface area contributed by atoms with E-state index in [1.165, 1.54) is 45.2 Å². The first-order valence-corrected chi connectivity index (χ1v) is 7.55. The number of likely N-dealkylation sites (tertiary alicyclic amines) is 1. The standard InChI is InChI=1S/C15H30N2/c1-12(2)14-7-9-17(10-14)15(11-16)8-5-4-6-13(15)3/h12-14H,4-11,16H2,1-3H3. The molecule has 2 N–H and O–H groups in total. The van der Waals surface area contributed by atoms with E-state index in [9.17, 15) is 0 Å². The van der Waals surface area contributed by atoms with Crippen molar-refractivity contribution < 1.29 is 0 Å². The summed E-state index contributed by atoms with van der Waals surface area (Å²) in [5, 5.41) is 0. The molecule has 2 aliphatic rings. The molecule has 2 fully saturated rings. The highest BCUT2D eigenvalue weighted by Crippen LogP contribution is 2.41. The Morgan fingerprint density at radius 3 is 2.59 bits per heavy atom. The van der Waals surface area contributed by atoms with Gasteiger partial charge in [0.1, 0.15) is 0 Å². The van der Waals surface area contributed by atoms with Crippen LogP contribution in [0, 0.1) is 17.8 Å². The molecule has 2 nitrogen and oxygen atoms in total. The Morgan fingerprint density at radius 2 is 2.06 bits per heavy atom. The third-order valence-corrected chi connectivity index (χ3v) is 5.56. The fraction of sp³-hybridized carbons (Fsp3) is 1.00. The Morgan fingerprint density at radius 1 is 1.29 bits per heavy atom. The molecule has 3 unspecified atom stereocenters. The maximum absolute atomic E-state index is 6.19. The second-order valence-corrected chi connectivity index (χ2v) is 6.69. The molecule has 0 radical (unpaired) electrons. The van der Waals surface area contributed by atoms with Gasteiger partial charge in [-0.3, -0.25) is 4.90 Å². The van der Waals surface area contributed by atoms with Crippen LogP contribution in [0.25, 0.3) is 0 Å². The van der Waals surface area contributed by atoms with Gasteiger partial charge in [-0.05, 0) is 43.6 Å². The number of hydrogen-bond acceptors (Lipinski definition) is 2. The molecule has 0 aromatic carbocycles. The largest absolute Gasteiger partial charge is 0.329 e. The summed E-state index contributed by atoms with van der Waals surface area (Å²) < 4.78 is 0. The van der Waals surface area contributed by atoms with Crippen molar-refractivity contribution in [3.8, 4) is 0 Å². The van der Waals surface area contributed by atoms with Crippen LogP contribution in [0.15, 0.2) is 0 Å². The summed E-state index contributed by atoms with van der Waals surface area (Å²) in [4.78, 5) is 2.75. The Labute approximate surface area is 107 Å². The molecule has 2 rings (SSSR count). The quantitative estimate of drug-likeness (QED) is 0.819. The average Bonchev–Trinajstić information content (AvgIpc) is 2.80. The van der Waals surface area contributed by atoms with Gasteiger partial charge in [-0.1, -0.05) is 33.6 Å². The fourth-order valence-corrected chi connectivity index (χ4v) is 4.03.